The molecule has 2 aromatic rings. The Balaban J connectivity index is 0.00000480. The fourth-order valence-corrected chi connectivity index (χ4v) is 3.11. The van der Waals surface area contributed by atoms with Gasteiger partial charge in [-0.2, -0.15) is 0 Å². The normalized spacial score (nSPS) is 12.0. The highest BCUT2D eigenvalue weighted by molar-refractivity contribution is 14.0. The lowest BCUT2D eigenvalue weighted by Gasteiger charge is -2.26. The third kappa shape index (κ3) is 8.10. The SMILES string of the molecule is CCNC(=NCc1ccc(OC)c(OC)c1)NCC(c1ccc(OC)cc1)N(C)C.I. The molecule has 2 rings (SSSR count). The van der Waals surface area contributed by atoms with Crippen LogP contribution in [0.2, 0.25) is 0 Å². The molecule has 0 fully saturated rings. The molecule has 0 saturated carbocycles. The zero-order chi connectivity index (χ0) is 21.9. The van der Waals surface area contributed by atoms with Crippen molar-refractivity contribution in [3.8, 4) is 17.2 Å². The van der Waals surface area contributed by atoms with Crippen LogP contribution < -0.4 is 24.8 Å². The Labute approximate surface area is 203 Å². The number of hydrogen-bond acceptors (Lipinski definition) is 5. The van der Waals surface area contributed by atoms with Gasteiger partial charge >= 0.3 is 0 Å². The van der Waals surface area contributed by atoms with Gasteiger partial charge in [-0.05, 0) is 56.4 Å². The van der Waals surface area contributed by atoms with Crippen molar-refractivity contribution in [3.05, 3.63) is 53.6 Å². The molecule has 0 aliphatic heterocycles. The number of methoxy groups -OCH3 is 3. The third-order valence-corrected chi connectivity index (χ3v) is 4.80. The zero-order valence-corrected chi connectivity index (χ0v) is 21.6. The summed E-state index contributed by atoms with van der Waals surface area (Å²) in [5.41, 5.74) is 2.26. The van der Waals surface area contributed by atoms with E-state index in [4.69, 9.17) is 19.2 Å². The van der Waals surface area contributed by atoms with Crippen molar-refractivity contribution in [2.75, 3.05) is 48.5 Å². The number of nitrogens with zero attached hydrogens (tertiary/aromatic N) is 2. The smallest absolute Gasteiger partial charge is 0.191 e. The number of hydrogen-bond donors (Lipinski definition) is 2. The highest BCUT2D eigenvalue weighted by Crippen LogP contribution is 2.27. The molecule has 1 unspecified atom stereocenters. The van der Waals surface area contributed by atoms with Gasteiger partial charge in [0.1, 0.15) is 5.75 Å². The predicted octanol–water partition coefficient (Wildman–Crippen LogP) is 3.69. The summed E-state index contributed by atoms with van der Waals surface area (Å²) in [6.45, 7) is 4.09. The molecular weight excluding hydrogens is 507 g/mol. The van der Waals surface area contributed by atoms with Crippen LogP contribution in [0.5, 0.6) is 17.2 Å². The summed E-state index contributed by atoms with van der Waals surface area (Å²) < 4.78 is 16.0. The van der Waals surface area contributed by atoms with Crippen molar-refractivity contribution in [2.24, 2.45) is 4.99 Å². The molecular formula is C23H35IN4O3. The summed E-state index contributed by atoms with van der Waals surface area (Å²) in [7, 11) is 9.09. The lowest BCUT2D eigenvalue weighted by Crippen LogP contribution is -2.41. The number of ether oxygens (including phenoxy) is 3. The van der Waals surface area contributed by atoms with Crippen LogP contribution in [0.25, 0.3) is 0 Å². The molecule has 31 heavy (non-hydrogen) atoms. The van der Waals surface area contributed by atoms with Gasteiger partial charge in [-0.3, -0.25) is 0 Å². The first-order valence-electron chi connectivity index (χ1n) is 10.1. The first-order valence-corrected chi connectivity index (χ1v) is 10.1. The second kappa shape index (κ2) is 14.0. The van der Waals surface area contributed by atoms with Crippen molar-refractivity contribution in [2.45, 2.75) is 19.5 Å². The maximum absolute atomic E-state index is 5.38. The minimum atomic E-state index is 0. The quantitative estimate of drug-likeness (QED) is 0.271. The number of guanidine groups is 1. The number of benzene rings is 2. The van der Waals surface area contributed by atoms with Crippen LogP contribution in [0.3, 0.4) is 0 Å². The van der Waals surface area contributed by atoms with Gasteiger partial charge in [-0.15, -0.1) is 24.0 Å². The van der Waals surface area contributed by atoms with Crippen molar-refractivity contribution >= 4 is 29.9 Å². The standard InChI is InChI=1S/C23H34N4O3.HI/c1-7-24-23(25-15-17-8-13-21(29-5)22(14-17)30-6)26-16-20(27(2)3)18-9-11-19(28-4)12-10-18;/h8-14,20H,7,15-16H2,1-6H3,(H2,24,25,26);1H. The monoisotopic (exact) mass is 542 g/mol. The molecule has 0 saturated heterocycles. The Kier molecular flexibility index (Phi) is 12.1. The van der Waals surface area contributed by atoms with Crippen molar-refractivity contribution in [3.63, 3.8) is 0 Å². The molecule has 0 aliphatic carbocycles. The van der Waals surface area contributed by atoms with E-state index >= 15 is 0 Å². The molecule has 0 heterocycles. The van der Waals surface area contributed by atoms with E-state index in [1.165, 1.54) is 5.56 Å². The Morgan fingerprint density at radius 2 is 1.61 bits per heavy atom. The highest BCUT2D eigenvalue weighted by atomic mass is 127. The predicted molar refractivity (Wildman–Crippen MR) is 137 cm³/mol. The largest absolute Gasteiger partial charge is 0.497 e. The van der Waals surface area contributed by atoms with Crippen LogP contribution in [0, 0.1) is 0 Å². The summed E-state index contributed by atoms with van der Waals surface area (Å²) in [5.74, 6) is 3.04. The van der Waals surface area contributed by atoms with Crippen LogP contribution in [0.4, 0.5) is 0 Å². The molecule has 1 atom stereocenters. The lowest BCUT2D eigenvalue weighted by atomic mass is 10.1. The molecule has 2 aromatic carbocycles. The number of likely N-dealkylation sites (N-methyl/N-ethyl adjacent to an activating group) is 1. The number of nitrogens with one attached hydrogen (secondary N) is 2. The van der Waals surface area contributed by atoms with Gasteiger partial charge < -0.3 is 29.7 Å². The second-order valence-corrected chi connectivity index (χ2v) is 7.02. The fourth-order valence-electron chi connectivity index (χ4n) is 3.11. The molecule has 0 aliphatic rings. The van der Waals surface area contributed by atoms with Crippen molar-refractivity contribution in [1.29, 1.82) is 0 Å². The van der Waals surface area contributed by atoms with Crippen molar-refractivity contribution in [1.82, 2.24) is 15.5 Å². The van der Waals surface area contributed by atoms with Crippen LogP contribution in [0.1, 0.15) is 24.1 Å². The average Bonchev–Trinajstić information content (AvgIpc) is 2.77. The molecule has 0 radical (unpaired) electrons. The van der Waals surface area contributed by atoms with Gasteiger partial charge in [0.15, 0.2) is 17.5 Å². The van der Waals surface area contributed by atoms with E-state index in [9.17, 15) is 0 Å². The minimum absolute atomic E-state index is 0. The van der Waals surface area contributed by atoms with Gasteiger partial charge in [-0.1, -0.05) is 18.2 Å². The van der Waals surface area contributed by atoms with Gasteiger partial charge in [0.05, 0.1) is 33.9 Å². The zero-order valence-electron chi connectivity index (χ0n) is 19.3. The van der Waals surface area contributed by atoms with Crippen LogP contribution in [-0.4, -0.2) is 59.4 Å². The van der Waals surface area contributed by atoms with Gasteiger partial charge in [0.2, 0.25) is 0 Å². The summed E-state index contributed by atoms with van der Waals surface area (Å²) in [4.78, 5) is 6.91. The lowest BCUT2D eigenvalue weighted by molar-refractivity contribution is 0.298. The molecule has 0 spiro atoms. The summed E-state index contributed by atoms with van der Waals surface area (Å²) in [6, 6.07) is 14.2. The molecule has 7 nitrogen and oxygen atoms in total. The third-order valence-electron chi connectivity index (χ3n) is 4.80. The summed E-state index contributed by atoms with van der Waals surface area (Å²) >= 11 is 0. The van der Waals surface area contributed by atoms with Crippen LogP contribution >= 0.6 is 24.0 Å². The van der Waals surface area contributed by atoms with Crippen molar-refractivity contribution < 1.29 is 14.2 Å². The maximum Gasteiger partial charge on any atom is 0.191 e. The molecule has 2 N–H and O–H groups in total. The van der Waals surface area contributed by atoms with Gasteiger partial charge in [-0.25, -0.2) is 4.99 Å². The average molecular weight is 542 g/mol. The second-order valence-electron chi connectivity index (χ2n) is 7.02. The van der Waals surface area contributed by atoms with Crippen LogP contribution in [0.15, 0.2) is 47.5 Å². The minimum Gasteiger partial charge on any atom is -0.497 e. The van der Waals surface area contributed by atoms with E-state index < -0.39 is 0 Å². The van der Waals surface area contributed by atoms with E-state index in [1.807, 2.05) is 30.3 Å². The van der Waals surface area contributed by atoms with E-state index in [0.717, 1.165) is 30.4 Å². The summed E-state index contributed by atoms with van der Waals surface area (Å²) in [6.07, 6.45) is 0. The number of halogens is 1. The highest BCUT2D eigenvalue weighted by Gasteiger charge is 2.15. The van der Waals surface area contributed by atoms with Gasteiger partial charge in [0, 0.05) is 13.1 Å². The Morgan fingerprint density at radius 1 is 0.935 bits per heavy atom. The van der Waals surface area contributed by atoms with E-state index in [-0.39, 0.29) is 30.0 Å². The topological polar surface area (TPSA) is 67.4 Å². The van der Waals surface area contributed by atoms with Gasteiger partial charge in [0.25, 0.3) is 0 Å². The Bertz CT molecular complexity index is 813. The van der Waals surface area contributed by atoms with E-state index in [1.54, 1.807) is 21.3 Å². The molecule has 172 valence electrons. The first-order chi connectivity index (χ1) is 14.5. The number of rotatable bonds is 10. The molecule has 0 bridgehead atoms. The van der Waals surface area contributed by atoms with E-state index in [2.05, 4.69) is 48.7 Å². The Morgan fingerprint density at radius 3 is 2.16 bits per heavy atom. The maximum atomic E-state index is 5.38. The summed E-state index contributed by atoms with van der Waals surface area (Å²) in [5, 5.41) is 6.77. The molecule has 8 heteroatoms. The number of aliphatic imine (C=N–C) groups is 1. The Hall–Kier alpha value is -2.20. The molecule has 0 aromatic heterocycles. The fraction of sp³-hybridized carbons (Fsp3) is 0.435. The van der Waals surface area contributed by atoms with Crippen LogP contribution in [-0.2, 0) is 6.54 Å². The molecule has 0 amide bonds. The van der Waals surface area contributed by atoms with E-state index in [0.29, 0.717) is 18.0 Å². The first kappa shape index (κ1) is 26.8.